The number of halogens is 1. The number of amides is 2. The molecule has 0 aromatic heterocycles. The Bertz CT molecular complexity index is 1140. The van der Waals surface area contributed by atoms with Gasteiger partial charge in [-0.3, -0.25) is 9.59 Å². The molecule has 2 unspecified atom stereocenters. The molecule has 8 nitrogen and oxygen atoms in total. The number of carbonyl (C=O) groups is 2. The number of carbonyl (C=O) groups excluding carboxylic acids is 2. The molecule has 2 amide bonds. The second-order valence-corrected chi connectivity index (χ2v) is 12.9. The Hall–Kier alpha value is -2.49. The maximum Gasteiger partial charge on any atom is 0.245 e. The summed E-state index contributed by atoms with van der Waals surface area (Å²) < 4.78 is 0. The molecule has 2 heterocycles. The van der Waals surface area contributed by atoms with Gasteiger partial charge in [0.15, 0.2) is 0 Å². The quantitative estimate of drug-likeness (QED) is 0.410. The monoisotopic (exact) mass is 596 g/mol. The van der Waals surface area contributed by atoms with Gasteiger partial charge in [-0.25, -0.2) is 10.0 Å². The number of likely N-dealkylation sites (N-methyl/N-ethyl adjacent to an activating group) is 1. The van der Waals surface area contributed by atoms with Crippen molar-refractivity contribution >= 4 is 23.4 Å². The first-order chi connectivity index (χ1) is 20.1. The van der Waals surface area contributed by atoms with E-state index in [1.165, 1.54) is 0 Å². The molecule has 9 heteroatoms. The Kier molecular flexibility index (Phi) is 11.8. The first-order valence-electron chi connectivity index (χ1n) is 15.4. The number of likely N-dealkylation sites (tertiary alicyclic amines) is 1. The first kappa shape index (κ1) is 32.4. The van der Waals surface area contributed by atoms with E-state index in [2.05, 4.69) is 41.1 Å². The molecule has 2 atom stereocenters. The number of hydrogen-bond donors (Lipinski definition) is 2. The molecule has 42 heavy (non-hydrogen) atoms. The summed E-state index contributed by atoms with van der Waals surface area (Å²) in [6.45, 7) is 13.2. The Balaban J connectivity index is 1.41. The number of nitrogens with zero attached hydrogens (tertiary/aromatic N) is 4. The van der Waals surface area contributed by atoms with Crippen LogP contribution in [0.3, 0.4) is 0 Å². The van der Waals surface area contributed by atoms with Crippen molar-refractivity contribution in [2.24, 2.45) is 11.7 Å². The first-order valence-corrected chi connectivity index (χ1v) is 15.8. The average Bonchev–Trinajstić information content (AvgIpc) is 2.97. The molecule has 2 aliphatic heterocycles. The fraction of sp³-hybridized carbons (Fsp3) is 0.576. The lowest BCUT2D eigenvalue weighted by atomic mass is 9.99. The van der Waals surface area contributed by atoms with Gasteiger partial charge in [0.25, 0.3) is 0 Å². The van der Waals surface area contributed by atoms with Crippen molar-refractivity contribution in [3.63, 3.8) is 0 Å². The predicted octanol–water partition coefficient (Wildman–Crippen LogP) is 3.88. The van der Waals surface area contributed by atoms with E-state index in [1.54, 1.807) is 0 Å². The smallest absolute Gasteiger partial charge is 0.245 e. The molecule has 0 saturated carbocycles. The largest absolute Gasteiger partial charge is 0.344 e. The number of nitrogens with two attached hydrogens (primary N) is 1. The number of piperidine rings is 1. The Morgan fingerprint density at radius 3 is 2.19 bits per heavy atom. The van der Waals surface area contributed by atoms with Crippen LogP contribution in [0.15, 0.2) is 48.5 Å². The number of rotatable bonds is 11. The molecule has 3 N–H and O–H groups in total. The van der Waals surface area contributed by atoms with E-state index in [4.69, 9.17) is 17.3 Å². The van der Waals surface area contributed by atoms with Crippen LogP contribution >= 0.6 is 11.6 Å². The number of hydrogen-bond acceptors (Lipinski definition) is 6. The standard InChI is InChI=1S/C33H49ClN6O2/c1-24(2)23-40(39-19-17-37(4)18-20-39)29-13-15-38(16-14-29)33(42)31(21-26-7-11-28(34)12-8-26)36-32(41)22-30(35)27-9-5-25(3)6-10-27/h5-12,24,29-31H,13-23,35H2,1-4H3,(H,36,41). The highest BCUT2D eigenvalue weighted by Gasteiger charge is 2.34. The minimum atomic E-state index is -0.662. The van der Waals surface area contributed by atoms with E-state index in [1.807, 2.05) is 60.4 Å². The second-order valence-electron chi connectivity index (χ2n) is 12.5. The second kappa shape index (κ2) is 15.3. The number of nitrogens with one attached hydrogen (secondary N) is 1. The zero-order valence-corrected chi connectivity index (χ0v) is 26.5. The fourth-order valence-electron chi connectivity index (χ4n) is 5.97. The van der Waals surface area contributed by atoms with Gasteiger partial charge in [0.1, 0.15) is 6.04 Å². The van der Waals surface area contributed by atoms with Crippen LogP contribution in [0, 0.1) is 12.8 Å². The summed E-state index contributed by atoms with van der Waals surface area (Å²) in [6, 6.07) is 14.7. The number of benzene rings is 2. The lowest BCUT2D eigenvalue weighted by Crippen LogP contribution is -2.60. The topological polar surface area (TPSA) is 85.1 Å². The molecule has 2 aromatic rings. The van der Waals surface area contributed by atoms with Crippen molar-refractivity contribution in [1.29, 1.82) is 0 Å². The molecule has 0 radical (unpaired) electrons. The zero-order chi connectivity index (χ0) is 30.2. The van der Waals surface area contributed by atoms with Crippen molar-refractivity contribution in [3.05, 3.63) is 70.2 Å². The summed E-state index contributed by atoms with van der Waals surface area (Å²) in [7, 11) is 2.18. The van der Waals surface area contributed by atoms with Crippen LogP contribution in [-0.4, -0.2) is 96.6 Å². The summed E-state index contributed by atoms with van der Waals surface area (Å²) in [5, 5.41) is 8.79. The van der Waals surface area contributed by atoms with Crippen LogP contribution in [0.5, 0.6) is 0 Å². The maximum absolute atomic E-state index is 13.9. The van der Waals surface area contributed by atoms with Gasteiger partial charge >= 0.3 is 0 Å². The van der Waals surface area contributed by atoms with Crippen molar-refractivity contribution < 1.29 is 9.59 Å². The van der Waals surface area contributed by atoms with Crippen molar-refractivity contribution in [1.82, 2.24) is 25.1 Å². The molecule has 0 bridgehead atoms. The number of aryl methyl sites for hydroxylation is 1. The summed E-state index contributed by atoms with van der Waals surface area (Å²) in [6.07, 6.45) is 2.36. The third kappa shape index (κ3) is 9.25. The van der Waals surface area contributed by atoms with Gasteiger partial charge in [0.2, 0.25) is 11.8 Å². The van der Waals surface area contributed by atoms with E-state index < -0.39 is 12.1 Å². The number of piperazine rings is 1. The average molecular weight is 597 g/mol. The molecule has 2 fully saturated rings. The Morgan fingerprint density at radius 1 is 0.976 bits per heavy atom. The van der Waals surface area contributed by atoms with Crippen LogP contribution in [0.4, 0.5) is 0 Å². The Morgan fingerprint density at radius 2 is 1.60 bits per heavy atom. The highest BCUT2D eigenvalue weighted by molar-refractivity contribution is 6.30. The molecule has 230 valence electrons. The van der Waals surface area contributed by atoms with Crippen LogP contribution in [0.2, 0.25) is 5.02 Å². The van der Waals surface area contributed by atoms with Gasteiger partial charge < -0.3 is 20.9 Å². The van der Waals surface area contributed by atoms with Gasteiger partial charge in [0.05, 0.1) is 0 Å². The zero-order valence-electron chi connectivity index (χ0n) is 25.8. The van der Waals surface area contributed by atoms with E-state index in [9.17, 15) is 9.59 Å². The van der Waals surface area contributed by atoms with Crippen molar-refractivity contribution in [2.75, 3.05) is 52.9 Å². The maximum atomic E-state index is 13.9. The molecule has 2 aromatic carbocycles. The van der Waals surface area contributed by atoms with E-state index in [0.717, 1.165) is 62.3 Å². The van der Waals surface area contributed by atoms with Crippen LogP contribution in [0.1, 0.15) is 55.8 Å². The van der Waals surface area contributed by atoms with Gasteiger partial charge in [0, 0.05) is 75.8 Å². The SMILES string of the molecule is Cc1ccc(C(N)CC(=O)NC(Cc2ccc(Cl)cc2)C(=O)N2CCC(N(CC(C)C)N3CCN(C)CC3)CC2)cc1. The molecular formula is C33H49ClN6O2. The minimum Gasteiger partial charge on any atom is -0.344 e. The summed E-state index contributed by atoms with van der Waals surface area (Å²) in [5.74, 6) is 0.314. The highest BCUT2D eigenvalue weighted by atomic mass is 35.5. The minimum absolute atomic E-state index is 0.0318. The van der Waals surface area contributed by atoms with Gasteiger partial charge in [-0.15, -0.1) is 0 Å². The van der Waals surface area contributed by atoms with Gasteiger partial charge in [-0.1, -0.05) is 67.4 Å². The van der Waals surface area contributed by atoms with E-state index in [-0.39, 0.29) is 18.2 Å². The summed E-state index contributed by atoms with van der Waals surface area (Å²) in [4.78, 5) is 31.4. The predicted molar refractivity (Wildman–Crippen MR) is 170 cm³/mol. The van der Waals surface area contributed by atoms with E-state index >= 15 is 0 Å². The highest BCUT2D eigenvalue weighted by Crippen LogP contribution is 2.23. The lowest BCUT2D eigenvalue weighted by molar-refractivity contribution is -0.140. The van der Waals surface area contributed by atoms with Crippen LogP contribution in [0.25, 0.3) is 0 Å². The van der Waals surface area contributed by atoms with Crippen LogP contribution in [-0.2, 0) is 16.0 Å². The molecule has 2 aliphatic rings. The van der Waals surface area contributed by atoms with Crippen LogP contribution < -0.4 is 11.1 Å². The third-order valence-electron chi connectivity index (χ3n) is 8.49. The molecular weight excluding hydrogens is 548 g/mol. The van der Waals surface area contributed by atoms with Crippen molar-refractivity contribution in [3.8, 4) is 0 Å². The normalized spacial score (nSPS) is 18.8. The van der Waals surface area contributed by atoms with E-state index in [0.29, 0.717) is 36.5 Å². The Labute approximate surface area is 257 Å². The van der Waals surface area contributed by atoms with Gasteiger partial charge in [-0.2, -0.15) is 0 Å². The molecule has 0 spiro atoms. The summed E-state index contributed by atoms with van der Waals surface area (Å²) >= 11 is 6.11. The molecule has 0 aliphatic carbocycles. The lowest BCUT2D eigenvalue weighted by Gasteiger charge is -2.47. The van der Waals surface area contributed by atoms with Crippen molar-refractivity contribution in [2.45, 2.75) is 64.6 Å². The van der Waals surface area contributed by atoms with Gasteiger partial charge in [-0.05, 0) is 56.0 Å². The third-order valence-corrected chi connectivity index (χ3v) is 8.74. The molecule has 4 rings (SSSR count). The number of hydrazine groups is 1. The fourth-order valence-corrected chi connectivity index (χ4v) is 6.09. The summed E-state index contributed by atoms with van der Waals surface area (Å²) in [5.41, 5.74) is 9.38. The molecule has 2 saturated heterocycles.